The van der Waals surface area contributed by atoms with Gasteiger partial charge in [0.25, 0.3) is 0 Å². The zero-order chi connectivity index (χ0) is 22.8. The van der Waals surface area contributed by atoms with Crippen molar-refractivity contribution in [2.75, 3.05) is 32.9 Å². The lowest BCUT2D eigenvalue weighted by atomic mass is 10.1. The third-order valence-electron chi connectivity index (χ3n) is 5.54. The molecule has 1 aromatic carbocycles. The van der Waals surface area contributed by atoms with Crippen LogP contribution in [0.4, 0.5) is 0 Å². The summed E-state index contributed by atoms with van der Waals surface area (Å²) in [4.78, 5) is 25.2. The number of Topliss-reactive ketones (excluding diaryl/α,β-unsaturated/α-hetero) is 1. The highest BCUT2D eigenvalue weighted by atomic mass is 32.2. The largest absolute Gasteiger partial charge is 0.454 e. The fourth-order valence-electron chi connectivity index (χ4n) is 3.79. The van der Waals surface area contributed by atoms with Crippen LogP contribution in [0, 0.1) is 20.8 Å². The fourth-order valence-corrected chi connectivity index (χ4v) is 5.45. The number of ether oxygens (including phenoxy) is 2. The molecule has 0 N–H and O–H groups in total. The number of carbonyl (C=O) groups is 2. The lowest BCUT2D eigenvalue weighted by molar-refractivity contribution is 0.0474. The SMILES string of the molecule is CCn1c(C)cc(C(=O)COC(=O)c2ccc(C)c(S(=O)(=O)N3CCOCC3)c2)c1C. The second-order valence-electron chi connectivity index (χ2n) is 7.53. The van der Waals surface area contributed by atoms with Crippen molar-refractivity contribution < 1.29 is 27.5 Å². The Morgan fingerprint density at radius 2 is 1.77 bits per heavy atom. The van der Waals surface area contributed by atoms with E-state index in [0.29, 0.717) is 24.3 Å². The van der Waals surface area contributed by atoms with Crippen molar-refractivity contribution in [3.63, 3.8) is 0 Å². The van der Waals surface area contributed by atoms with Crippen LogP contribution in [-0.2, 0) is 26.0 Å². The van der Waals surface area contributed by atoms with Crippen LogP contribution in [0.1, 0.15) is 44.6 Å². The minimum Gasteiger partial charge on any atom is -0.454 e. The summed E-state index contributed by atoms with van der Waals surface area (Å²) in [6.07, 6.45) is 0. The van der Waals surface area contributed by atoms with Gasteiger partial charge < -0.3 is 14.0 Å². The summed E-state index contributed by atoms with van der Waals surface area (Å²) in [7, 11) is -3.76. The summed E-state index contributed by atoms with van der Waals surface area (Å²) >= 11 is 0. The average Bonchev–Trinajstić information content (AvgIpc) is 3.05. The molecule has 1 saturated heterocycles. The van der Waals surface area contributed by atoms with Crippen LogP contribution in [0.25, 0.3) is 0 Å². The summed E-state index contributed by atoms with van der Waals surface area (Å²) in [6, 6.07) is 6.17. The minimum atomic E-state index is -3.76. The van der Waals surface area contributed by atoms with E-state index in [2.05, 4.69) is 0 Å². The molecule has 0 saturated carbocycles. The minimum absolute atomic E-state index is 0.0571. The van der Waals surface area contributed by atoms with Crippen molar-refractivity contribution in [3.05, 3.63) is 52.3 Å². The molecule has 0 spiro atoms. The van der Waals surface area contributed by atoms with Gasteiger partial charge in [0.1, 0.15) is 0 Å². The topological polar surface area (TPSA) is 94.9 Å². The third-order valence-corrected chi connectivity index (χ3v) is 7.58. The van der Waals surface area contributed by atoms with Crippen LogP contribution in [0.2, 0.25) is 0 Å². The van der Waals surface area contributed by atoms with Crippen molar-refractivity contribution in [2.45, 2.75) is 39.1 Å². The van der Waals surface area contributed by atoms with Gasteiger partial charge in [0, 0.05) is 36.6 Å². The Balaban J connectivity index is 1.75. The second kappa shape index (κ2) is 9.33. The van der Waals surface area contributed by atoms with E-state index in [0.717, 1.165) is 17.9 Å². The first-order valence-corrected chi connectivity index (χ1v) is 11.7. The maximum Gasteiger partial charge on any atom is 0.338 e. The summed E-state index contributed by atoms with van der Waals surface area (Å²) in [5.41, 5.74) is 2.93. The number of carbonyl (C=O) groups excluding carboxylic acids is 2. The number of nitrogens with zero attached hydrogens (tertiary/aromatic N) is 2. The number of sulfonamides is 1. The first-order valence-electron chi connectivity index (χ1n) is 10.2. The van der Waals surface area contributed by atoms with Crippen LogP contribution >= 0.6 is 0 Å². The van der Waals surface area contributed by atoms with Gasteiger partial charge in [-0.1, -0.05) is 6.07 Å². The third kappa shape index (κ3) is 4.73. The molecule has 1 aliphatic rings. The Labute approximate surface area is 182 Å². The molecule has 2 aromatic rings. The molecule has 2 heterocycles. The molecule has 1 aromatic heterocycles. The number of benzene rings is 1. The van der Waals surface area contributed by atoms with Crippen molar-refractivity contribution in [3.8, 4) is 0 Å². The van der Waals surface area contributed by atoms with Crippen molar-refractivity contribution in [1.82, 2.24) is 8.87 Å². The number of aromatic nitrogens is 1. The predicted octanol–water partition coefficient (Wildman–Crippen LogP) is 2.49. The molecule has 3 rings (SSSR count). The van der Waals surface area contributed by atoms with Crippen LogP contribution < -0.4 is 0 Å². The Kier molecular flexibility index (Phi) is 6.98. The molecular formula is C22H28N2O6S. The van der Waals surface area contributed by atoms with Gasteiger partial charge in [0.15, 0.2) is 6.61 Å². The molecule has 0 radical (unpaired) electrons. The standard InChI is InChI=1S/C22H28N2O6S/c1-5-24-16(3)12-19(17(24)4)20(25)14-30-22(26)18-7-6-15(2)21(13-18)31(27,28)23-8-10-29-11-9-23/h6-7,12-13H,5,8-11,14H2,1-4H3. The van der Waals surface area contributed by atoms with Gasteiger partial charge in [0.2, 0.25) is 15.8 Å². The van der Waals surface area contributed by atoms with E-state index in [9.17, 15) is 18.0 Å². The maximum absolute atomic E-state index is 13.0. The lowest BCUT2D eigenvalue weighted by Gasteiger charge is -2.26. The second-order valence-corrected chi connectivity index (χ2v) is 9.43. The van der Waals surface area contributed by atoms with E-state index in [1.807, 2.05) is 25.3 Å². The van der Waals surface area contributed by atoms with Gasteiger partial charge >= 0.3 is 5.97 Å². The van der Waals surface area contributed by atoms with Gasteiger partial charge in [-0.15, -0.1) is 0 Å². The number of hydrogen-bond donors (Lipinski definition) is 0. The molecule has 0 aliphatic carbocycles. The van der Waals surface area contributed by atoms with E-state index in [-0.39, 0.29) is 29.3 Å². The monoisotopic (exact) mass is 448 g/mol. The average molecular weight is 449 g/mol. The smallest absolute Gasteiger partial charge is 0.338 e. The highest BCUT2D eigenvalue weighted by molar-refractivity contribution is 7.89. The zero-order valence-electron chi connectivity index (χ0n) is 18.3. The van der Waals surface area contributed by atoms with E-state index in [4.69, 9.17) is 9.47 Å². The van der Waals surface area contributed by atoms with E-state index < -0.39 is 22.6 Å². The molecule has 8 nitrogen and oxygen atoms in total. The number of esters is 1. The van der Waals surface area contributed by atoms with Gasteiger partial charge in [-0.05, 0) is 51.5 Å². The number of morpholine rings is 1. The van der Waals surface area contributed by atoms with Crippen molar-refractivity contribution in [2.24, 2.45) is 0 Å². The number of ketones is 1. The number of hydrogen-bond acceptors (Lipinski definition) is 6. The summed E-state index contributed by atoms with van der Waals surface area (Å²) in [6.45, 7) is 8.98. The Morgan fingerprint density at radius 1 is 1.10 bits per heavy atom. The normalized spacial score (nSPS) is 15.1. The molecular weight excluding hydrogens is 420 g/mol. The van der Waals surface area contributed by atoms with Crippen molar-refractivity contribution in [1.29, 1.82) is 0 Å². The Hall–Kier alpha value is -2.49. The van der Waals surface area contributed by atoms with Gasteiger partial charge in [-0.3, -0.25) is 4.79 Å². The Bertz CT molecular complexity index is 1100. The van der Waals surface area contributed by atoms with Gasteiger partial charge in [-0.25, -0.2) is 13.2 Å². The van der Waals surface area contributed by atoms with Crippen LogP contribution in [0.5, 0.6) is 0 Å². The lowest BCUT2D eigenvalue weighted by Crippen LogP contribution is -2.40. The molecule has 0 unspecified atom stereocenters. The van der Waals surface area contributed by atoms with Crippen LogP contribution in [0.15, 0.2) is 29.2 Å². The number of rotatable bonds is 7. The quantitative estimate of drug-likeness (QED) is 0.477. The molecule has 0 amide bonds. The first kappa shape index (κ1) is 23.2. The molecule has 0 bridgehead atoms. The zero-order valence-corrected chi connectivity index (χ0v) is 19.1. The highest BCUT2D eigenvalue weighted by Gasteiger charge is 2.28. The number of aryl methyl sites for hydroxylation is 2. The predicted molar refractivity (Wildman–Crippen MR) is 115 cm³/mol. The van der Waals surface area contributed by atoms with Gasteiger partial charge in [-0.2, -0.15) is 4.31 Å². The molecule has 0 atom stereocenters. The van der Waals surface area contributed by atoms with Gasteiger partial charge in [0.05, 0.1) is 23.7 Å². The first-order chi connectivity index (χ1) is 14.7. The summed E-state index contributed by atoms with van der Waals surface area (Å²) < 4.78 is 39.8. The summed E-state index contributed by atoms with van der Waals surface area (Å²) in [5, 5.41) is 0. The van der Waals surface area contributed by atoms with E-state index >= 15 is 0 Å². The molecule has 1 aliphatic heterocycles. The summed E-state index contributed by atoms with van der Waals surface area (Å²) in [5.74, 6) is -1.04. The maximum atomic E-state index is 13.0. The Morgan fingerprint density at radius 3 is 2.39 bits per heavy atom. The van der Waals surface area contributed by atoms with E-state index in [1.165, 1.54) is 16.4 Å². The van der Waals surface area contributed by atoms with E-state index in [1.54, 1.807) is 19.1 Å². The molecule has 1 fully saturated rings. The van der Waals surface area contributed by atoms with Crippen LogP contribution in [0.3, 0.4) is 0 Å². The fraction of sp³-hybridized carbons (Fsp3) is 0.455. The molecule has 31 heavy (non-hydrogen) atoms. The van der Waals surface area contributed by atoms with Crippen molar-refractivity contribution >= 4 is 21.8 Å². The molecule has 9 heteroatoms. The molecule has 168 valence electrons. The van der Waals surface area contributed by atoms with Crippen LogP contribution in [-0.4, -0.2) is 62.0 Å². The highest BCUT2D eigenvalue weighted by Crippen LogP contribution is 2.23.